The number of fused-ring (bicyclic) bond motifs is 2. The molecule has 0 spiro atoms. The maximum Gasteiger partial charge on any atom is 0.265 e. The number of hydrogen-bond donors (Lipinski definition) is 2. The smallest absolute Gasteiger partial charge is 0.265 e. The zero-order chi connectivity index (χ0) is 19.2. The van der Waals surface area contributed by atoms with Crippen LogP contribution < -0.4 is 15.8 Å². The quantitative estimate of drug-likeness (QED) is 0.512. The molecule has 0 unspecified atom stereocenters. The largest absolute Gasteiger partial charge is 0.341 e. The molecule has 0 saturated heterocycles. The highest BCUT2D eigenvalue weighted by Gasteiger charge is 2.19. The third-order valence-electron chi connectivity index (χ3n) is 5.06. The highest BCUT2D eigenvalue weighted by molar-refractivity contribution is 5.93. The topological polar surface area (TPSA) is 57.3 Å². The number of anilines is 2. The fourth-order valence-electron chi connectivity index (χ4n) is 3.65. The lowest BCUT2D eigenvalue weighted by atomic mass is 10.0. The van der Waals surface area contributed by atoms with Crippen molar-refractivity contribution in [1.29, 1.82) is 0 Å². The minimum atomic E-state index is -0.145. The molecule has 1 amide bonds. The highest BCUT2D eigenvalue weighted by atomic mass is 16.2. The lowest BCUT2D eigenvalue weighted by Crippen LogP contribution is -2.38. The number of carbonyl (C=O) groups is 1. The van der Waals surface area contributed by atoms with E-state index in [2.05, 4.69) is 69.3 Å². The number of benzene rings is 2. The molecule has 1 aliphatic heterocycles. The number of nitrogens with one attached hydrogen (secondary N) is 2. The summed E-state index contributed by atoms with van der Waals surface area (Å²) in [7, 11) is 0. The minimum Gasteiger partial charge on any atom is -0.341 e. The number of hydrazine groups is 1. The molecule has 2 aromatic carbocycles. The van der Waals surface area contributed by atoms with Gasteiger partial charge in [-0.15, -0.1) is 0 Å². The number of aromatic nitrogens is 1. The average molecular weight is 372 g/mol. The van der Waals surface area contributed by atoms with E-state index in [0.717, 1.165) is 25.8 Å². The van der Waals surface area contributed by atoms with Crippen molar-refractivity contribution in [3.8, 4) is 0 Å². The third-order valence-corrected chi connectivity index (χ3v) is 5.06. The van der Waals surface area contributed by atoms with Crippen molar-refractivity contribution in [1.82, 2.24) is 15.8 Å². The Morgan fingerprint density at radius 3 is 2.14 bits per heavy atom. The summed E-state index contributed by atoms with van der Waals surface area (Å²) >= 11 is 0. The Bertz CT molecular complexity index is 895. The van der Waals surface area contributed by atoms with Crippen LogP contribution in [0.2, 0.25) is 0 Å². The van der Waals surface area contributed by atoms with Gasteiger partial charge in [0, 0.05) is 42.4 Å². The summed E-state index contributed by atoms with van der Waals surface area (Å²) in [5, 5.41) is 0. The van der Waals surface area contributed by atoms with Gasteiger partial charge in [-0.1, -0.05) is 36.4 Å². The molecule has 3 aromatic rings. The molecule has 5 nitrogen and oxygen atoms in total. The number of rotatable bonds is 6. The second-order valence-corrected chi connectivity index (χ2v) is 6.88. The number of aryl methyl sites for hydroxylation is 2. The molecule has 0 radical (unpaired) electrons. The van der Waals surface area contributed by atoms with Gasteiger partial charge in [-0.25, -0.2) is 5.43 Å². The monoisotopic (exact) mass is 372 g/mol. The number of para-hydroxylation sites is 2. The maximum atomic E-state index is 12.1. The first-order valence-electron chi connectivity index (χ1n) is 9.69. The van der Waals surface area contributed by atoms with Gasteiger partial charge in [-0.2, -0.15) is 0 Å². The molecule has 0 aliphatic carbocycles. The van der Waals surface area contributed by atoms with Crippen molar-refractivity contribution in [2.45, 2.75) is 19.3 Å². The lowest BCUT2D eigenvalue weighted by molar-refractivity contribution is 0.0933. The molecule has 4 rings (SSSR count). The van der Waals surface area contributed by atoms with Gasteiger partial charge in [0.15, 0.2) is 0 Å². The summed E-state index contributed by atoms with van der Waals surface area (Å²) in [6.45, 7) is 1.57. The van der Waals surface area contributed by atoms with E-state index in [4.69, 9.17) is 0 Å². The van der Waals surface area contributed by atoms with E-state index >= 15 is 0 Å². The van der Waals surface area contributed by atoms with Crippen molar-refractivity contribution < 1.29 is 4.79 Å². The molecular formula is C23H24N4O. The Morgan fingerprint density at radius 1 is 0.893 bits per heavy atom. The Morgan fingerprint density at radius 2 is 1.50 bits per heavy atom. The van der Waals surface area contributed by atoms with E-state index in [9.17, 15) is 4.79 Å². The van der Waals surface area contributed by atoms with Crippen molar-refractivity contribution in [2.24, 2.45) is 0 Å². The average Bonchev–Trinajstić information content (AvgIpc) is 2.91. The van der Waals surface area contributed by atoms with Gasteiger partial charge in [0.25, 0.3) is 5.91 Å². The first-order valence-corrected chi connectivity index (χ1v) is 9.69. The summed E-state index contributed by atoms with van der Waals surface area (Å²) in [4.78, 5) is 18.4. The van der Waals surface area contributed by atoms with Crippen molar-refractivity contribution in [2.75, 3.05) is 18.0 Å². The fraction of sp³-hybridized carbons (Fsp3) is 0.217. The van der Waals surface area contributed by atoms with Crippen LogP contribution in [0.25, 0.3) is 0 Å². The Hall–Kier alpha value is -3.18. The van der Waals surface area contributed by atoms with Crippen LogP contribution in [-0.4, -0.2) is 24.0 Å². The number of amides is 1. The van der Waals surface area contributed by atoms with Crippen LogP contribution in [-0.2, 0) is 12.8 Å². The van der Waals surface area contributed by atoms with Gasteiger partial charge < -0.3 is 4.90 Å². The van der Waals surface area contributed by atoms with Crippen LogP contribution in [0, 0.1) is 0 Å². The predicted molar refractivity (Wildman–Crippen MR) is 112 cm³/mol. The molecule has 0 fully saturated rings. The van der Waals surface area contributed by atoms with Gasteiger partial charge in [0.05, 0.1) is 0 Å². The lowest BCUT2D eigenvalue weighted by Gasteiger charge is -2.27. The molecule has 0 saturated carbocycles. The van der Waals surface area contributed by atoms with Gasteiger partial charge >= 0.3 is 0 Å². The highest BCUT2D eigenvalue weighted by Crippen LogP contribution is 2.35. The van der Waals surface area contributed by atoms with E-state index < -0.39 is 0 Å². The number of hydrogen-bond acceptors (Lipinski definition) is 4. The third kappa shape index (κ3) is 4.05. The number of pyridine rings is 1. The van der Waals surface area contributed by atoms with Gasteiger partial charge in [-0.05, 0) is 54.7 Å². The van der Waals surface area contributed by atoms with Crippen LogP contribution in [0.15, 0.2) is 73.1 Å². The normalized spacial score (nSPS) is 12.6. The summed E-state index contributed by atoms with van der Waals surface area (Å²) < 4.78 is 0. The van der Waals surface area contributed by atoms with E-state index in [1.165, 1.54) is 22.5 Å². The first kappa shape index (κ1) is 18.2. The Balaban J connectivity index is 1.39. The van der Waals surface area contributed by atoms with Gasteiger partial charge in [0.1, 0.15) is 0 Å². The van der Waals surface area contributed by atoms with Crippen LogP contribution in [0.5, 0.6) is 0 Å². The molecule has 2 N–H and O–H groups in total. The second kappa shape index (κ2) is 8.67. The van der Waals surface area contributed by atoms with Crippen LogP contribution in [0.4, 0.5) is 11.4 Å². The van der Waals surface area contributed by atoms with Gasteiger partial charge in [-0.3, -0.25) is 15.2 Å². The SMILES string of the molecule is O=C(NNCCCN1c2ccccc2CCc2ccccc21)c1ccncc1. The molecule has 0 atom stereocenters. The maximum absolute atomic E-state index is 12.1. The molecule has 142 valence electrons. The van der Waals surface area contributed by atoms with Gasteiger partial charge in [0.2, 0.25) is 0 Å². The van der Waals surface area contributed by atoms with Crippen molar-refractivity contribution >= 4 is 17.3 Å². The molecule has 28 heavy (non-hydrogen) atoms. The van der Waals surface area contributed by atoms with Crippen LogP contribution in [0.1, 0.15) is 27.9 Å². The molecule has 0 bridgehead atoms. The van der Waals surface area contributed by atoms with Crippen LogP contribution >= 0.6 is 0 Å². The summed E-state index contributed by atoms with van der Waals surface area (Å²) in [6, 6.07) is 20.7. The molecule has 2 heterocycles. The molecule has 1 aliphatic rings. The summed E-state index contributed by atoms with van der Waals surface area (Å²) in [6.07, 6.45) is 6.25. The standard InChI is InChI=1S/C23H24N4O/c28-23(20-12-15-24-16-13-20)26-25-14-5-17-27-21-8-3-1-6-18(21)10-11-19-7-2-4-9-22(19)27/h1-4,6-9,12-13,15-16,25H,5,10-11,14,17H2,(H,26,28). The summed E-state index contributed by atoms with van der Waals surface area (Å²) in [5.41, 5.74) is 11.7. The second-order valence-electron chi connectivity index (χ2n) is 6.88. The zero-order valence-electron chi connectivity index (χ0n) is 15.8. The van der Waals surface area contributed by atoms with E-state index in [1.807, 2.05) is 0 Å². The molecule has 5 heteroatoms. The van der Waals surface area contributed by atoms with Crippen molar-refractivity contribution in [3.05, 3.63) is 89.7 Å². The fourth-order valence-corrected chi connectivity index (χ4v) is 3.65. The van der Waals surface area contributed by atoms with Crippen LogP contribution in [0.3, 0.4) is 0 Å². The first-order chi connectivity index (χ1) is 13.8. The number of nitrogens with zero attached hydrogens (tertiary/aromatic N) is 2. The predicted octanol–water partition coefficient (Wildman–Crippen LogP) is 3.64. The number of carbonyl (C=O) groups excluding carboxylic acids is 1. The minimum absolute atomic E-state index is 0.145. The molecule has 1 aromatic heterocycles. The van der Waals surface area contributed by atoms with E-state index in [0.29, 0.717) is 12.1 Å². The zero-order valence-corrected chi connectivity index (χ0v) is 15.8. The Kier molecular flexibility index (Phi) is 5.64. The Labute approximate surface area is 165 Å². The van der Waals surface area contributed by atoms with Crippen molar-refractivity contribution in [3.63, 3.8) is 0 Å². The molecular weight excluding hydrogens is 348 g/mol. The van der Waals surface area contributed by atoms with E-state index in [1.54, 1.807) is 24.5 Å². The van der Waals surface area contributed by atoms with E-state index in [-0.39, 0.29) is 5.91 Å². The summed E-state index contributed by atoms with van der Waals surface area (Å²) in [5.74, 6) is -0.145.